The molecule has 0 fully saturated rings. The van der Waals surface area contributed by atoms with Gasteiger partial charge in [-0.3, -0.25) is 25.2 Å². The molecule has 31 heavy (non-hydrogen) atoms. The number of fused-ring (bicyclic) bond motifs is 1. The minimum Gasteiger partial charge on any atom is -0.273 e. The van der Waals surface area contributed by atoms with E-state index in [2.05, 4.69) is 20.9 Å². The lowest BCUT2D eigenvalue weighted by molar-refractivity contribution is -0.121. The van der Waals surface area contributed by atoms with Crippen LogP contribution in [0.4, 0.5) is 0 Å². The maximum absolute atomic E-state index is 12.7. The molecule has 2 N–H and O–H groups in total. The number of carbonyl (C=O) groups excluding carboxylic acids is 2. The predicted molar refractivity (Wildman–Crippen MR) is 119 cm³/mol. The molecule has 0 unspecified atom stereocenters. The Bertz CT molecular complexity index is 1310. The Balaban J connectivity index is 1.45. The number of hydrogen-bond donors (Lipinski definition) is 2. The molecule has 0 aliphatic carbocycles. The first-order valence-electron chi connectivity index (χ1n) is 9.65. The minimum absolute atomic E-state index is 0.0201. The number of amides is 2. The molecule has 0 bridgehead atoms. The molecule has 2 aromatic heterocycles. The largest absolute Gasteiger partial charge is 0.290 e. The van der Waals surface area contributed by atoms with Crippen LogP contribution in [0.15, 0.2) is 64.8 Å². The molecule has 0 radical (unpaired) electrons. The molecule has 4 aromatic rings. The molecular weight excluding hydrogens is 414 g/mol. The van der Waals surface area contributed by atoms with Crippen LogP contribution >= 0.6 is 11.3 Å². The maximum atomic E-state index is 12.7. The fraction of sp³-hybridized carbons (Fsp3) is 0.136. The van der Waals surface area contributed by atoms with Crippen LogP contribution in [0.25, 0.3) is 21.3 Å². The second-order valence-corrected chi connectivity index (χ2v) is 7.56. The summed E-state index contributed by atoms with van der Waals surface area (Å²) in [5.74, 6) is -1.01. The van der Waals surface area contributed by atoms with Crippen LogP contribution in [-0.4, -0.2) is 26.6 Å². The zero-order valence-electron chi connectivity index (χ0n) is 16.7. The number of aryl methyl sites for hydroxylation is 1. The number of benzene rings is 2. The van der Waals surface area contributed by atoms with Crippen LogP contribution in [0.2, 0.25) is 0 Å². The summed E-state index contributed by atoms with van der Waals surface area (Å²) in [7, 11) is 0. The SMILES string of the molecule is CCn1nc(C(=O)NNC(=O)Cc2csc(-c3ccccc3)n2)c2ccccc2c1=O. The lowest BCUT2D eigenvalue weighted by Gasteiger charge is -2.10. The van der Waals surface area contributed by atoms with Crippen molar-refractivity contribution in [1.82, 2.24) is 25.6 Å². The first kappa shape index (κ1) is 20.4. The summed E-state index contributed by atoms with van der Waals surface area (Å²) in [6, 6.07) is 16.4. The molecule has 0 spiro atoms. The van der Waals surface area contributed by atoms with E-state index in [1.807, 2.05) is 35.7 Å². The highest BCUT2D eigenvalue weighted by Gasteiger charge is 2.17. The fourth-order valence-corrected chi connectivity index (χ4v) is 3.94. The van der Waals surface area contributed by atoms with Crippen LogP contribution in [0, 0.1) is 0 Å². The molecule has 156 valence electrons. The summed E-state index contributed by atoms with van der Waals surface area (Å²) in [6.45, 7) is 2.09. The highest BCUT2D eigenvalue weighted by atomic mass is 32.1. The first-order valence-corrected chi connectivity index (χ1v) is 10.5. The van der Waals surface area contributed by atoms with Crippen molar-refractivity contribution >= 4 is 33.9 Å². The topological polar surface area (TPSA) is 106 Å². The fourth-order valence-electron chi connectivity index (χ4n) is 3.11. The summed E-state index contributed by atoms with van der Waals surface area (Å²) < 4.78 is 1.22. The number of carbonyl (C=O) groups is 2. The summed E-state index contributed by atoms with van der Waals surface area (Å²) in [5.41, 5.74) is 6.17. The third kappa shape index (κ3) is 4.36. The first-order chi connectivity index (χ1) is 15.1. The number of nitrogens with zero attached hydrogens (tertiary/aromatic N) is 3. The molecule has 2 amide bonds. The molecule has 0 aliphatic rings. The number of nitrogens with one attached hydrogen (secondary N) is 2. The Hall–Kier alpha value is -3.85. The van der Waals surface area contributed by atoms with Gasteiger partial charge in [0, 0.05) is 22.9 Å². The van der Waals surface area contributed by atoms with Gasteiger partial charge < -0.3 is 0 Å². The Kier molecular flexibility index (Phi) is 5.85. The third-order valence-electron chi connectivity index (χ3n) is 4.61. The highest BCUT2D eigenvalue weighted by molar-refractivity contribution is 7.13. The summed E-state index contributed by atoms with van der Waals surface area (Å²) in [6.07, 6.45) is 0.0201. The maximum Gasteiger partial charge on any atom is 0.290 e. The van der Waals surface area contributed by atoms with Gasteiger partial charge in [-0.05, 0) is 13.0 Å². The van der Waals surface area contributed by atoms with Crippen LogP contribution < -0.4 is 16.4 Å². The van der Waals surface area contributed by atoms with Gasteiger partial charge in [-0.1, -0.05) is 48.5 Å². The molecule has 0 aliphatic heterocycles. The van der Waals surface area contributed by atoms with E-state index in [9.17, 15) is 14.4 Å². The lowest BCUT2D eigenvalue weighted by Crippen LogP contribution is -2.43. The normalized spacial score (nSPS) is 10.7. The Labute approximate surface area is 181 Å². The van der Waals surface area contributed by atoms with Gasteiger partial charge in [0.25, 0.3) is 11.5 Å². The molecular formula is C22H19N5O3S. The zero-order chi connectivity index (χ0) is 21.8. The van der Waals surface area contributed by atoms with Crippen LogP contribution in [0.1, 0.15) is 23.1 Å². The molecule has 2 heterocycles. The number of hydrogen-bond acceptors (Lipinski definition) is 6. The monoisotopic (exact) mass is 433 g/mol. The molecule has 0 saturated carbocycles. The van der Waals surface area contributed by atoms with E-state index >= 15 is 0 Å². The third-order valence-corrected chi connectivity index (χ3v) is 5.55. The highest BCUT2D eigenvalue weighted by Crippen LogP contribution is 2.23. The van der Waals surface area contributed by atoms with Crippen molar-refractivity contribution in [2.75, 3.05) is 0 Å². The van der Waals surface area contributed by atoms with E-state index in [1.165, 1.54) is 16.0 Å². The van der Waals surface area contributed by atoms with Crippen molar-refractivity contribution in [3.63, 3.8) is 0 Å². The molecule has 4 rings (SSSR count). The quantitative estimate of drug-likeness (QED) is 0.471. The Morgan fingerprint density at radius 3 is 2.45 bits per heavy atom. The second-order valence-electron chi connectivity index (χ2n) is 6.70. The molecule has 2 aromatic carbocycles. The van der Waals surface area contributed by atoms with E-state index in [0.717, 1.165) is 10.6 Å². The van der Waals surface area contributed by atoms with E-state index in [-0.39, 0.29) is 17.7 Å². The van der Waals surface area contributed by atoms with Gasteiger partial charge in [0.1, 0.15) is 5.01 Å². The van der Waals surface area contributed by atoms with E-state index in [4.69, 9.17) is 0 Å². The van der Waals surface area contributed by atoms with Crippen LogP contribution in [0.3, 0.4) is 0 Å². The zero-order valence-corrected chi connectivity index (χ0v) is 17.5. The van der Waals surface area contributed by atoms with Gasteiger partial charge in [0.05, 0.1) is 17.5 Å². The Morgan fingerprint density at radius 1 is 1.00 bits per heavy atom. The van der Waals surface area contributed by atoms with Crippen molar-refractivity contribution in [3.8, 4) is 10.6 Å². The summed E-state index contributed by atoms with van der Waals surface area (Å²) in [4.78, 5) is 41.8. The van der Waals surface area contributed by atoms with Crippen molar-refractivity contribution in [3.05, 3.63) is 81.7 Å². The smallest absolute Gasteiger partial charge is 0.273 e. The summed E-state index contributed by atoms with van der Waals surface area (Å²) in [5, 5.41) is 7.61. The van der Waals surface area contributed by atoms with E-state index in [0.29, 0.717) is 23.0 Å². The second kappa shape index (κ2) is 8.88. The van der Waals surface area contributed by atoms with Crippen molar-refractivity contribution < 1.29 is 9.59 Å². The van der Waals surface area contributed by atoms with Crippen molar-refractivity contribution in [2.45, 2.75) is 19.9 Å². The Morgan fingerprint density at radius 2 is 1.71 bits per heavy atom. The van der Waals surface area contributed by atoms with Crippen molar-refractivity contribution in [2.24, 2.45) is 0 Å². The van der Waals surface area contributed by atoms with Gasteiger partial charge in [-0.2, -0.15) is 5.10 Å². The van der Waals surface area contributed by atoms with Gasteiger partial charge in [-0.25, -0.2) is 9.67 Å². The van der Waals surface area contributed by atoms with Gasteiger partial charge in [-0.15, -0.1) is 11.3 Å². The molecule has 8 nitrogen and oxygen atoms in total. The van der Waals surface area contributed by atoms with Crippen molar-refractivity contribution in [1.29, 1.82) is 0 Å². The van der Waals surface area contributed by atoms with Gasteiger partial charge in [0.15, 0.2) is 5.69 Å². The lowest BCUT2D eigenvalue weighted by atomic mass is 10.1. The minimum atomic E-state index is -0.602. The van der Waals surface area contributed by atoms with Crippen LogP contribution in [-0.2, 0) is 17.8 Å². The molecule has 0 saturated heterocycles. The number of thiazole rings is 1. The standard InChI is InChI=1S/C22H19N5O3S/c1-2-27-22(30)17-11-7-6-10-16(17)19(26-27)20(29)25-24-18(28)12-15-13-31-21(23-15)14-8-4-3-5-9-14/h3-11,13H,2,12H2,1H3,(H,24,28)(H,25,29). The van der Waals surface area contributed by atoms with E-state index in [1.54, 1.807) is 31.2 Å². The van der Waals surface area contributed by atoms with Gasteiger partial charge in [0.2, 0.25) is 5.91 Å². The average Bonchev–Trinajstić information content (AvgIpc) is 3.27. The molecule has 9 heteroatoms. The van der Waals surface area contributed by atoms with E-state index < -0.39 is 11.8 Å². The predicted octanol–water partition coefficient (Wildman–Crippen LogP) is 2.54. The van der Waals surface area contributed by atoms with Crippen LogP contribution in [0.5, 0.6) is 0 Å². The number of hydrazine groups is 1. The summed E-state index contributed by atoms with van der Waals surface area (Å²) >= 11 is 1.45. The number of aromatic nitrogens is 3. The number of rotatable bonds is 5. The molecule has 0 atom stereocenters. The average molecular weight is 433 g/mol. The van der Waals surface area contributed by atoms with Gasteiger partial charge >= 0.3 is 0 Å².